The van der Waals surface area contributed by atoms with E-state index in [2.05, 4.69) is 5.32 Å². The van der Waals surface area contributed by atoms with Crippen molar-refractivity contribution in [3.63, 3.8) is 0 Å². The van der Waals surface area contributed by atoms with Crippen LogP contribution in [-0.2, 0) is 20.2 Å². The first-order valence-corrected chi connectivity index (χ1v) is 8.82. The molecule has 21 heavy (non-hydrogen) atoms. The molecule has 1 rings (SSSR count). The van der Waals surface area contributed by atoms with Crippen LogP contribution in [0.5, 0.6) is 0 Å². The average Bonchev–Trinajstić information content (AvgIpc) is 2.43. The lowest BCUT2D eigenvalue weighted by Gasteiger charge is -2.23. The Balaban J connectivity index is 3.07. The van der Waals surface area contributed by atoms with Gasteiger partial charge in [0.2, 0.25) is 0 Å². The number of halogens is 1. The molecule has 0 saturated heterocycles. The zero-order valence-corrected chi connectivity index (χ0v) is 14.1. The van der Waals surface area contributed by atoms with Crippen LogP contribution in [0.2, 0.25) is 0 Å². The van der Waals surface area contributed by atoms with Crippen molar-refractivity contribution in [1.82, 2.24) is 5.32 Å². The molecule has 5 nitrogen and oxygen atoms in total. The fourth-order valence-electron chi connectivity index (χ4n) is 1.69. The van der Waals surface area contributed by atoms with Crippen LogP contribution in [0.15, 0.2) is 23.1 Å². The smallest absolute Gasteiger partial charge is 0.261 e. The third kappa shape index (κ3) is 4.98. The van der Waals surface area contributed by atoms with Gasteiger partial charge < -0.3 is 10.1 Å². The maximum absolute atomic E-state index is 12.3. The predicted octanol–water partition coefficient (Wildman–Crippen LogP) is 2.33. The summed E-state index contributed by atoms with van der Waals surface area (Å²) in [6.07, 6.45) is 0.610. The zero-order chi connectivity index (χ0) is 16.3. The van der Waals surface area contributed by atoms with E-state index in [1.54, 1.807) is 13.2 Å². The van der Waals surface area contributed by atoms with Crippen molar-refractivity contribution in [2.75, 3.05) is 13.7 Å². The van der Waals surface area contributed by atoms with Gasteiger partial charge in [0.15, 0.2) is 0 Å². The minimum atomic E-state index is -3.86. The highest BCUT2D eigenvalue weighted by molar-refractivity contribution is 8.13. The van der Waals surface area contributed by atoms with Gasteiger partial charge in [-0.25, -0.2) is 8.42 Å². The summed E-state index contributed by atoms with van der Waals surface area (Å²) in [6.45, 7) is 5.88. The molecule has 0 aliphatic heterocycles. The predicted molar refractivity (Wildman–Crippen MR) is 82.3 cm³/mol. The van der Waals surface area contributed by atoms with Crippen molar-refractivity contribution in [2.45, 2.75) is 37.7 Å². The monoisotopic (exact) mass is 333 g/mol. The maximum Gasteiger partial charge on any atom is 0.261 e. The number of aryl methyl sites for hydroxylation is 1. The van der Waals surface area contributed by atoms with Crippen molar-refractivity contribution in [3.8, 4) is 0 Å². The molecule has 0 spiro atoms. The number of benzene rings is 1. The molecule has 0 aromatic heterocycles. The number of carbonyl (C=O) groups excluding carboxylic acids is 1. The van der Waals surface area contributed by atoms with Crippen molar-refractivity contribution in [3.05, 3.63) is 29.3 Å². The summed E-state index contributed by atoms with van der Waals surface area (Å²) in [5.41, 5.74) is 0.566. The fraction of sp³-hybridized carbons (Fsp3) is 0.500. The Kier molecular flexibility index (Phi) is 5.78. The summed E-state index contributed by atoms with van der Waals surface area (Å²) in [5.74, 6) is -0.348. The van der Waals surface area contributed by atoms with Crippen molar-refractivity contribution in [2.24, 2.45) is 0 Å². The summed E-state index contributed by atoms with van der Waals surface area (Å²) in [4.78, 5) is 12.2. The number of amides is 1. The van der Waals surface area contributed by atoms with Crippen LogP contribution in [-0.4, -0.2) is 33.6 Å². The molecule has 1 aromatic carbocycles. The van der Waals surface area contributed by atoms with Gasteiger partial charge in [0.1, 0.15) is 0 Å². The SMILES string of the molecule is CCc1ccc(S(=O)(=O)Cl)cc1C(=O)NCC(C)(C)OC. The van der Waals surface area contributed by atoms with Gasteiger partial charge in [-0.05, 0) is 38.0 Å². The molecule has 0 aliphatic rings. The zero-order valence-electron chi connectivity index (χ0n) is 12.6. The van der Waals surface area contributed by atoms with Gasteiger partial charge in [0.25, 0.3) is 15.0 Å². The first-order chi connectivity index (χ1) is 9.60. The van der Waals surface area contributed by atoms with Gasteiger partial charge in [-0.2, -0.15) is 0 Å². The topological polar surface area (TPSA) is 72.5 Å². The molecule has 118 valence electrons. The quantitative estimate of drug-likeness (QED) is 0.811. The highest BCUT2D eigenvalue weighted by atomic mass is 35.7. The molecule has 1 aromatic rings. The van der Waals surface area contributed by atoms with Gasteiger partial charge in [-0.1, -0.05) is 13.0 Å². The van der Waals surface area contributed by atoms with E-state index < -0.39 is 14.7 Å². The largest absolute Gasteiger partial charge is 0.377 e. The summed E-state index contributed by atoms with van der Waals surface area (Å²) in [6, 6.07) is 4.30. The van der Waals surface area contributed by atoms with E-state index in [9.17, 15) is 13.2 Å². The Labute approximate surface area is 130 Å². The molecule has 1 amide bonds. The van der Waals surface area contributed by atoms with E-state index >= 15 is 0 Å². The normalized spacial score (nSPS) is 12.2. The first kappa shape index (κ1) is 17.9. The van der Waals surface area contributed by atoms with Crippen LogP contribution in [0.3, 0.4) is 0 Å². The summed E-state index contributed by atoms with van der Waals surface area (Å²) in [5, 5.41) is 2.74. The van der Waals surface area contributed by atoms with Crippen LogP contribution < -0.4 is 5.32 Å². The second kappa shape index (κ2) is 6.77. The molecule has 0 atom stereocenters. The Morgan fingerprint density at radius 1 is 1.38 bits per heavy atom. The van der Waals surface area contributed by atoms with Crippen molar-refractivity contribution >= 4 is 25.6 Å². The molecule has 0 unspecified atom stereocenters. The minimum Gasteiger partial charge on any atom is -0.377 e. The standard InChI is InChI=1S/C14H20ClNO4S/c1-5-10-6-7-11(21(15,18)19)8-12(10)13(17)16-9-14(2,3)20-4/h6-8H,5,9H2,1-4H3,(H,16,17). The molecule has 0 saturated carbocycles. The molecule has 0 fully saturated rings. The van der Waals surface area contributed by atoms with Gasteiger partial charge in [-0.15, -0.1) is 0 Å². The van der Waals surface area contributed by atoms with E-state index in [0.29, 0.717) is 18.5 Å². The summed E-state index contributed by atoms with van der Waals surface area (Å²) in [7, 11) is 3.02. The van der Waals surface area contributed by atoms with Crippen molar-refractivity contribution < 1.29 is 17.9 Å². The summed E-state index contributed by atoms with van der Waals surface area (Å²) < 4.78 is 28.0. The maximum atomic E-state index is 12.3. The molecule has 0 aliphatic carbocycles. The van der Waals surface area contributed by atoms with Gasteiger partial charge >= 0.3 is 0 Å². The highest BCUT2D eigenvalue weighted by Crippen LogP contribution is 2.20. The number of ether oxygens (including phenoxy) is 1. The number of rotatable bonds is 6. The first-order valence-electron chi connectivity index (χ1n) is 6.51. The van der Waals surface area contributed by atoms with Crippen molar-refractivity contribution in [1.29, 1.82) is 0 Å². The van der Waals surface area contributed by atoms with Crippen LogP contribution in [0, 0.1) is 0 Å². The molecule has 0 heterocycles. The van der Waals surface area contributed by atoms with E-state index in [1.807, 2.05) is 20.8 Å². The molecule has 0 bridgehead atoms. The van der Waals surface area contributed by atoms with Crippen LogP contribution >= 0.6 is 10.7 Å². The molecular weight excluding hydrogens is 314 g/mol. The Morgan fingerprint density at radius 3 is 2.48 bits per heavy atom. The lowest BCUT2D eigenvalue weighted by molar-refractivity contribution is 0.0228. The number of hydrogen-bond donors (Lipinski definition) is 1. The molecule has 7 heteroatoms. The second-order valence-electron chi connectivity index (χ2n) is 5.26. The lowest BCUT2D eigenvalue weighted by Crippen LogP contribution is -2.40. The van der Waals surface area contributed by atoms with Crippen LogP contribution in [0.1, 0.15) is 36.7 Å². The van der Waals surface area contributed by atoms with E-state index in [1.165, 1.54) is 12.1 Å². The Morgan fingerprint density at radius 2 is 2.00 bits per heavy atom. The van der Waals surface area contributed by atoms with Crippen LogP contribution in [0.4, 0.5) is 0 Å². The van der Waals surface area contributed by atoms with Gasteiger partial charge in [-0.3, -0.25) is 4.79 Å². The Bertz CT molecular complexity index is 626. The molecule has 1 N–H and O–H groups in total. The number of carbonyl (C=O) groups is 1. The lowest BCUT2D eigenvalue weighted by atomic mass is 10.0. The fourth-order valence-corrected chi connectivity index (χ4v) is 2.46. The van der Waals surface area contributed by atoms with E-state index in [4.69, 9.17) is 15.4 Å². The third-order valence-corrected chi connectivity index (χ3v) is 4.57. The number of methoxy groups -OCH3 is 1. The average molecular weight is 334 g/mol. The Hall–Kier alpha value is -1.11. The summed E-state index contributed by atoms with van der Waals surface area (Å²) >= 11 is 0. The van der Waals surface area contributed by atoms with Gasteiger partial charge in [0, 0.05) is 29.9 Å². The molecular formula is C14H20ClNO4S. The molecule has 0 radical (unpaired) electrons. The number of nitrogens with one attached hydrogen (secondary N) is 1. The van der Waals surface area contributed by atoms with E-state index in [0.717, 1.165) is 5.56 Å². The minimum absolute atomic E-state index is 0.0856. The number of hydrogen-bond acceptors (Lipinski definition) is 4. The van der Waals surface area contributed by atoms with Gasteiger partial charge in [0.05, 0.1) is 10.5 Å². The van der Waals surface area contributed by atoms with E-state index in [-0.39, 0.29) is 10.8 Å². The second-order valence-corrected chi connectivity index (χ2v) is 7.82. The third-order valence-electron chi connectivity index (χ3n) is 3.22. The van der Waals surface area contributed by atoms with Crippen LogP contribution in [0.25, 0.3) is 0 Å². The highest BCUT2D eigenvalue weighted by Gasteiger charge is 2.20.